The number of benzene rings is 2. The van der Waals surface area contributed by atoms with E-state index in [2.05, 4.69) is 44.0 Å². The third-order valence-corrected chi connectivity index (χ3v) is 7.91. The lowest BCUT2D eigenvalue weighted by Gasteiger charge is -2.43. The maximum atomic E-state index is 12.9. The van der Waals surface area contributed by atoms with Gasteiger partial charge in [0.1, 0.15) is 0 Å². The molecule has 2 amide bonds. The fourth-order valence-electron chi connectivity index (χ4n) is 5.44. The monoisotopic (exact) mass is 567 g/mol. The number of halogens is 4. The molecule has 2 fully saturated rings. The van der Waals surface area contributed by atoms with Crippen molar-refractivity contribution in [1.82, 2.24) is 16.0 Å². The Balaban J connectivity index is 1.37. The molecule has 0 aromatic heterocycles. The van der Waals surface area contributed by atoms with Gasteiger partial charge in [0.05, 0.1) is 23.8 Å². The predicted molar refractivity (Wildman–Crippen MR) is 132 cm³/mol. The molecule has 2 aromatic carbocycles. The highest BCUT2D eigenvalue weighted by atomic mass is 79.9. The Morgan fingerprint density at radius 1 is 1.08 bits per heavy atom. The molecule has 1 saturated heterocycles. The summed E-state index contributed by atoms with van der Waals surface area (Å²) in [4.78, 5) is 25.2. The van der Waals surface area contributed by atoms with Gasteiger partial charge in [-0.15, -0.1) is 0 Å². The highest BCUT2D eigenvalue weighted by Crippen LogP contribution is 2.42. The van der Waals surface area contributed by atoms with E-state index in [-0.39, 0.29) is 11.5 Å². The van der Waals surface area contributed by atoms with Gasteiger partial charge in [0, 0.05) is 23.1 Å². The van der Waals surface area contributed by atoms with Crippen molar-refractivity contribution in [3.8, 4) is 0 Å². The summed E-state index contributed by atoms with van der Waals surface area (Å²) in [6.07, 6.45) is -1.82. The predicted octanol–water partition coefficient (Wildman–Crippen LogP) is 3.99. The van der Waals surface area contributed by atoms with E-state index in [0.29, 0.717) is 19.0 Å². The molecular formula is C26H29BrF3N3O3. The van der Waals surface area contributed by atoms with Gasteiger partial charge in [-0.1, -0.05) is 34.1 Å². The molecule has 2 aliphatic rings. The molecule has 4 rings (SSSR count). The van der Waals surface area contributed by atoms with Gasteiger partial charge in [0.15, 0.2) is 0 Å². The van der Waals surface area contributed by atoms with Gasteiger partial charge in [0.25, 0.3) is 5.91 Å². The molecule has 4 N–H and O–H groups in total. The highest BCUT2D eigenvalue weighted by Gasteiger charge is 2.50. The maximum absolute atomic E-state index is 12.9. The molecule has 2 aromatic rings. The molecule has 10 heteroatoms. The van der Waals surface area contributed by atoms with Crippen LogP contribution in [-0.4, -0.2) is 48.2 Å². The summed E-state index contributed by atoms with van der Waals surface area (Å²) in [5, 5.41) is 19.4. The number of aliphatic hydroxyl groups is 1. The number of aliphatic hydroxyl groups excluding tert-OH is 1. The minimum atomic E-state index is -4.57. The fraction of sp³-hybridized carbons (Fsp3) is 0.462. The van der Waals surface area contributed by atoms with Crippen LogP contribution < -0.4 is 16.0 Å². The lowest BCUT2D eigenvalue weighted by atomic mass is 9.69. The zero-order valence-corrected chi connectivity index (χ0v) is 21.2. The van der Waals surface area contributed by atoms with Crippen LogP contribution in [0.5, 0.6) is 0 Å². The van der Waals surface area contributed by atoms with Crippen LogP contribution in [0, 0.1) is 5.92 Å². The molecule has 1 aliphatic heterocycles. The molecule has 0 unspecified atom stereocenters. The summed E-state index contributed by atoms with van der Waals surface area (Å²) in [7, 11) is 0. The molecule has 6 nitrogen and oxygen atoms in total. The Kier molecular flexibility index (Phi) is 8.06. The van der Waals surface area contributed by atoms with Crippen LogP contribution in [0.25, 0.3) is 0 Å². The standard InChI is InChI=1S/C26H29BrF3N3O3/c27-21-10-6-17(7-11-21)16-4-8-19(9-5-16)25(15-31-13-22(25)34)33-23(35)14-32-24(36)18-2-1-3-20(12-18)26(28,29)30/h1-3,6-7,10-12,16,19,22,31,34H,4-5,8-9,13-15H2,(H,32,36)(H,33,35)/t16?,19?,22-,25+/m0/s1. The van der Waals surface area contributed by atoms with Crippen molar-refractivity contribution in [2.45, 2.75) is 49.4 Å². The van der Waals surface area contributed by atoms with E-state index >= 15 is 0 Å². The Hall–Kier alpha value is -2.43. The number of amides is 2. The summed E-state index contributed by atoms with van der Waals surface area (Å²) in [5.74, 6) is -0.795. The third-order valence-electron chi connectivity index (χ3n) is 7.38. The van der Waals surface area contributed by atoms with Crippen LogP contribution in [-0.2, 0) is 11.0 Å². The first kappa shape index (κ1) is 26.6. The Morgan fingerprint density at radius 2 is 1.78 bits per heavy atom. The second-order valence-electron chi connectivity index (χ2n) is 9.60. The quantitative estimate of drug-likeness (QED) is 0.425. The van der Waals surface area contributed by atoms with Crippen LogP contribution in [0.15, 0.2) is 53.0 Å². The second kappa shape index (κ2) is 10.9. The molecule has 0 bridgehead atoms. The van der Waals surface area contributed by atoms with Gasteiger partial charge in [-0.05, 0) is 73.4 Å². The molecule has 194 valence electrons. The summed E-state index contributed by atoms with van der Waals surface area (Å²) >= 11 is 3.46. The number of hydrogen-bond donors (Lipinski definition) is 4. The van der Waals surface area contributed by atoms with E-state index in [0.717, 1.165) is 48.4 Å². The average Bonchev–Trinajstić information content (AvgIpc) is 3.23. The minimum Gasteiger partial charge on any atom is -0.389 e. The molecule has 0 radical (unpaired) electrons. The molecular weight excluding hydrogens is 539 g/mol. The van der Waals surface area contributed by atoms with E-state index in [4.69, 9.17) is 0 Å². The summed E-state index contributed by atoms with van der Waals surface area (Å²) in [6.45, 7) is 0.358. The van der Waals surface area contributed by atoms with Crippen LogP contribution in [0.4, 0.5) is 13.2 Å². The van der Waals surface area contributed by atoms with Gasteiger partial charge in [-0.2, -0.15) is 13.2 Å². The molecule has 0 spiro atoms. The summed E-state index contributed by atoms with van der Waals surface area (Å²) < 4.78 is 39.8. The van der Waals surface area contributed by atoms with Gasteiger partial charge in [0.2, 0.25) is 5.91 Å². The first-order chi connectivity index (χ1) is 17.1. The normalized spacial score (nSPS) is 26.4. The topological polar surface area (TPSA) is 90.5 Å². The zero-order valence-electron chi connectivity index (χ0n) is 19.6. The smallest absolute Gasteiger partial charge is 0.389 e. The van der Waals surface area contributed by atoms with Crippen molar-refractivity contribution >= 4 is 27.7 Å². The van der Waals surface area contributed by atoms with Crippen LogP contribution in [0.3, 0.4) is 0 Å². The summed E-state index contributed by atoms with van der Waals surface area (Å²) in [6, 6.07) is 12.3. The maximum Gasteiger partial charge on any atom is 0.416 e. The number of carbonyl (C=O) groups is 2. The number of carbonyl (C=O) groups excluding carboxylic acids is 2. The highest BCUT2D eigenvalue weighted by molar-refractivity contribution is 9.10. The molecule has 2 atom stereocenters. The van der Waals surface area contributed by atoms with Crippen molar-refractivity contribution in [2.24, 2.45) is 5.92 Å². The van der Waals surface area contributed by atoms with E-state index < -0.39 is 41.7 Å². The van der Waals surface area contributed by atoms with E-state index in [1.165, 1.54) is 11.6 Å². The third kappa shape index (κ3) is 5.92. The molecule has 36 heavy (non-hydrogen) atoms. The van der Waals surface area contributed by atoms with Crippen molar-refractivity contribution in [3.63, 3.8) is 0 Å². The fourth-order valence-corrected chi connectivity index (χ4v) is 5.71. The van der Waals surface area contributed by atoms with Crippen LogP contribution in [0.1, 0.15) is 53.1 Å². The van der Waals surface area contributed by atoms with Gasteiger partial charge >= 0.3 is 6.18 Å². The first-order valence-electron chi connectivity index (χ1n) is 12.0. The Labute approximate surface area is 216 Å². The van der Waals surface area contributed by atoms with Crippen molar-refractivity contribution in [3.05, 3.63) is 69.7 Å². The van der Waals surface area contributed by atoms with E-state index in [9.17, 15) is 27.9 Å². The van der Waals surface area contributed by atoms with Gasteiger partial charge in [-0.3, -0.25) is 9.59 Å². The number of β-amino-alcohol motifs (C(OH)–C–C–N with tert-alkyl or cyclic N) is 1. The second-order valence-corrected chi connectivity index (χ2v) is 10.5. The number of rotatable bonds is 6. The molecule has 1 aliphatic carbocycles. The Bertz CT molecular complexity index is 1090. The lowest BCUT2D eigenvalue weighted by Crippen LogP contribution is -2.63. The number of nitrogens with one attached hydrogen (secondary N) is 3. The zero-order chi connectivity index (χ0) is 25.9. The van der Waals surface area contributed by atoms with E-state index in [1.807, 2.05) is 12.1 Å². The average molecular weight is 568 g/mol. The number of alkyl halides is 3. The van der Waals surface area contributed by atoms with E-state index in [1.54, 1.807) is 0 Å². The Morgan fingerprint density at radius 3 is 2.39 bits per heavy atom. The molecule has 1 heterocycles. The SMILES string of the molecule is O=C(CNC(=O)c1cccc(C(F)(F)F)c1)N[C@@]1(C2CCC(c3ccc(Br)cc3)CC2)CNC[C@@H]1O. The van der Waals surface area contributed by atoms with Gasteiger partial charge in [-0.25, -0.2) is 0 Å². The van der Waals surface area contributed by atoms with Crippen molar-refractivity contribution in [2.75, 3.05) is 19.6 Å². The van der Waals surface area contributed by atoms with Crippen LogP contribution in [0.2, 0.25) is 0 Å². The first-order valence-corrected chi connectivity index (χ1v) is 12.8. The van der Waals surface area contributed by atoms with Gasteiger partial charge < -0.3 is 21.1 Å². The molecule has 1 saturated carbocycles. The van der Waals surface area contributed by atoms with Crippen molar-refractivity contribution in [1.29, 1.82) is 0 Å². The summed E-state index contributed by atoms with van der Waals surface area (Å²) in [5.41, 5.74) is -0.696. The lowest BCUT2D eigenvalue weighted by molar-refractivity contribution is -0.137. The number of hydrogen-bond acceptors (Lipinski definition) is 4. The van der Waals surface area contributed by atoms with Crippen molar-refractivity contribution < 1.29 is 27.9 Å². The largest absolute Gasteiger partial charge is 0.416 e. The minimum absolute atomic E-state index is 0.0531. The van der Waals surface area contributed by atoms with Crippen LogP contribution >= 0.6 is 15.9 Å².